The highest BCUT2D eigenvalue weighted by atomic mass is 19.4. The summed E-state index contributed by atoms with van der Waals surface area (Å²) >= 11 is 0. The zero-order valence-corrected chi connectivity index (χ0v) is 18.9. The van der Waals surface area contributed by atoms with Crippen molar-refractivity contribution in [1.29, 1.82) is 0 Å². The van der Waals surface area contributed by atoms with Crippen LogP contribution < -0.4 is 9.47 Å². The van der Waals surface area contributed by atoms with Gasteiger partial charge in [0.05, 0.1) is 13.7 Å². The molecule has 0 aliphatic carbocycles. The fraction of sp³-hybridized carbons (Fsp3) is 0.480. The molecule has 2 heterocycles. The Morgan fingerprint density at radius 1 is 1.06 bits per heavy atom. The third-order valence-corrected chi connectivity index (χ3v) is 6.57. The second-order valence-corrected chi connectivity index (χ2v) is 8.93. The lowest BCUT2D eigenvalue weighted by Gasteiger charge is -2.33. The monoisotopic (exact) mass is 462 g/mol. The summed E-state index contributed by atoms with van der Waals surface area (Å²) in [7, 11) is 3.76. The summed E-state index contributed by atoms with van der Waals surface area (Å²) in [5.74, 6) is 0.251. The van der Waals surface area contributed by atoms with Gasteiger partial charge in [0.1, 0.15) is 11.5 Å². The third-order valence-electron chi connectivity index (χ3n) is 6.57. The number of hydrogen-bond donors (Lipinski definition) is 0. The number of carbonyl (C=O) groups excluding carboxylic acids is 1. The molecule has 33 heavy (non-hydrogen) atoms. The lowest BCUT2D eigenvalue weighted by atomic mass is 9.84. The van der Waals surface area contributed by atoms with Crippen LogP contribution in [0.5, 0.6) is 11.5 Å². The van der Waals surface area contributed by atoms with E-state index in [4.69, 9.17) is 9.47 Å². The van der Waals surface area contributed by atoms with Crippen LogP contribution >= 0.6 is 0 Å². The molecule has 1 unspecified atom stereocenters. The fourth-order valence-corrected chi connectivity index (χ4v) is 4.73. The summed E-state index contributed by atoms with van der Waals surface area (Å²) in [5.41, 5.74) is 3.73. The van der Waals surface area contributed by atoms with E-state index in [1.54, 1.807) is 7.11 Å². The van der Waals surface area contributed by atoms with Crippen LogP contribution in [-0.2, 0) is 11.3 Å². The van der Waals surface area contributed by atoms with E-state index >= 15 is 0 Å². The topological polar surface area (TPSA) is 42.0 Å². The van der Waals surface area contributed by atoms with Gasteiger partial charge in [0.25, 0.3) is 0 Å². The Bertz CT molecular complexity index is 970. The van der Waals surface area contributed by atoms with E-state index in [1.165, 1.54) is 16.7 Å². The van der Waals surface area contributed by atoms with E-state index in [1.807, 2.05) is 18.2 Å². The van der Waals surface area contributed by atoms with Crippen molar-refractivity contribution in [3.63, 3.8) is 0 Å². The zero-order valence-electron chi connectivity index (χ0n) is 18.9. The van der Waals surface area contributed by atoms with Gasteiger partial charge in [-0.2, -0.15) is 13.2 Å². The average molecular weight is 463 g/mol. The van der Waals surface area contributed by atoms with Gasteiger partial charge < -0.3 is 19.3 Å². The number of likely N-dealkylation sites (N-methyl/N-ethyl adjacent to an activating group) is 1. The SMILES string of the molecule is COc1ccc(C2CN(C)Cc3cc(OCC4CCN(C(=O)C(F)(F)F)CC4)ccc32)cc1. The molecule has 178 valence electrons. The first-order valence-electron chi connectivity index (χ1n) is 11.2. The number of carbonyl (C=O) groups is 1. The molecule has 1 amide bonds. The number of hydrogen-bond acceptors (Lipinski definition) is 4. The van der Waals surface area contributed by atoms with Gasteiger partial charge in [0, 0.05) is 32.1 Å². The van der Waals surface area contributed by atoms with Gasteiger partial charge >= 0.3 is 12.1 Å². The first kappa shape index (κ1) is 23.4. The zero-order chi connectivity index (χ0) is 23.6. The van der Waals surface area contributed by atoms with Gasteiger partial charge in [0.15, 0.2) is 0 Å². The largest absolute Gasteiger partial charge is 0.497 e. The number of benzene rings is 2. The molecular weight excluding hydrogens is 433 g/mol. The molecule has 0 radical (unpaired) electrons. The second-order valence-electron chi connectivity index (χ2n) is 8.93. The first-order chi connectivity index (χ1) is 15.7. The Morgan fingerprint density at radius 3 is 2.36 bits per heavy atom. The highest BCUT2D eigenvalue weighted by molar-refractivity contribution is 5.81. The van der Waals surface area contributed by atoms with Crippen LogP contribution in [0, 0.1) is 5.92 Å². The third kappa shape index (κ3) is 5.43. The van der Waals surface area contributed by atoms with E-state index in [0.29, 0.717) is 19.4 Å². The number of nitrogens with zero attached hydrogens (tertiary/aromatic N) is 2. The number of halogens is 3. The molecular formula is C25H29F3N2O3. The van der Waals surface area contributed by atoms with Gasteiger partial charge in [0.2, 0.25) is 0 Å². The standard InChI is InChI=1S/C25H29F3N2O3/c1-29-14-19-13-21(33-16-17-9-11-30(12-10-17)24(31)25(26,27)28)7-8-22(19)23(15-29)18-3-5-20(32-2)6-4-18/h3-8,13,17,23H,9-12,14-16H2,1-2H3. The molecule has 0 N–H and O–H groups in total. The van der Waals surface area contributed by atoms with Crippen molar-refractivity contribution in [3.05, 3.63) is 59.2 Å². The summed E-state index contributed by atoms with van der Waals surface area (Å²) in [5, 5.41) is 0. The maximum absolute atomic E-state index is 12.6. The van der Waals surface area contributed by atoms with Crippen LogP contribution in [-0.4, -0.2) is 62.3 Å². The smallest absolute Gasteiger partial charge is 0.471 e. The molecule has 5 nitrogen and oxygen atoms in total. The Hall–Kier alpha value is -2.74. The summed E-state index contributed by atoms with van der Waals surface area (Å²) in [6.07, 6.45) is -3.78. The molecule has 1 saturated heterocycles. The van der Waals surface area contributed by atoms with Crippen LogP contribution in [0.4, 0.5) is 13.2 Å². The normalized spacial score (nSPS) is 19.8. The molecule has 0 saturated carbocycles. The second kappa shape index (κ2) is 9.63. The van der Waals surface area contributed by atoms with Gasteiger partial charge in [-0.15, -0.1) is 0 Å². The number of likely N-dealkylation sites (tertiary alicyclic amines) is 1. The van der Waals surface area contributed by atoms with Gasteiger partial charge in [-0.05, 0) is 66.8 Å². The Morgan fingerprint density at radius 2 is 1.73 bits per heavy atom. The number of amides is 1. The molecule has 1 atom stereocenters. The number of rotatable bonds is 5. The summed E-state index contributed by atoms with van der Waals surface area (Å²) in [6, 6.07) is 14.3. The Balaban J connectivity index is 1.38. The molecule has 0 spiro atoms. The quantitative estimate of drug-likeness (QED) is 0.659. The summed E-state index contributed by atoms with van der Waals surface area (Å²) in [6.45, 7) is 2.42. The van der Waals surface area contributed by atoms with Crippen LogP contribution in [0.15, 0.2) is 42.5 Å². The lowest BCUT2D eigenvalue weighted by Crippen LogP contribution is -2.45. The molecule has 1 fully saturated rings. The van der Waals surface area contributed by atoms with Crippen molar-refractivity contribution in [2.24, 2.45) is 5.92 Å². The van der Waals surface area contributed by atoms with E-state index < -0.39 is 12.1 Å². The van der Waals surface area contributed by atoms with Crippen molar-refractivity contribution >= 4 is 5.91 Å². The van der Waals surface area contributed by atoms with E-state index in [2.05, 4.69) is 36.2 Å². The number of piperidine rings is 1. The highest BCUT2D eigenvalue weighted by Gasteiger charge is 2.43. The lowest BCUT2D eigenvalue weighted by molar-refractivity contribution is -0.186. The molecule has 8 heteroatoms. The minimum Gasteiger partial charge on any atom is -0.497 e. The highest BCUT2D eigenvalue weighted by Crippen LogP contribution is 2.35. The van der Waals surface area contributed by atoms with Crippen LogP contribution in [0.25, 0.3) is 0 Å². The van der Waals surface area contributed by atoms with E-state index in [0.717, 1.165) is 29.5 Å². The van der Waals surface area contributed by atoms with Crippen molar-refractivity contribution in [2.45, 2.75) is 31.5 Å². The predicted octanol–water partition coefficient (Wildman–Crippen LogP) is 4.45. The maximum atomic E-state index is 12.6. The van der Waals surface area contributed by atoms with Crippen molar-refractivity contribution in [3.8, 4) is 11.5 Å². The molecule has 0 bridgehead atoms. The number of alkyl halides is 3. The van der Waals surface area contributed by atoms with Crippen LogP contribution in [0.2, 0.25) is 0 Å². The Kier molecular flexibility index (Phi) is 6.83. The molecule has 0 aromatic heterocycles. The molecule has 4 rings (SSSR count). The van der Waals surface area contributed by atoms with E-state index in [-0.39, 0.29) is 24.9 Å². The molecule has 2 aromatic rings. The van der Waals surface area contributed by atoms with Crippen LogP contribution in [0.1, 0.15) is 35.4 Å². The Labute approximate surface area is 192 Å². The minimum atomic E-state index is -4.80. The fourth-order valence-electron chi connectivity index (χ4n) is 4.73. The van der Waals surface area contributed by atoms with Crippen LogP contribution in [0.3, 0.4) is 0 Å². The molecule has 2 aromatic carbocycles. The van der Waals surface area contributed by atoms with E-state index in [9.17, 15) is 18.0 Å². The van der Waals surface area contributed by atoms with Gasteiger partial charge in [-0.25, -0.2) is 0 Å². The maximum Gasteiger partial charge on any atom is 0.471 e. The summed E-state index contributed by atoms with van der Waals surface area (Å²) in [4.78, 5) is 14.6. The minimum absolute atomic E-state index is 0.116. The molecule has 2 aliphatic heterocycles. The molecule has 2 aliphatic rings. The number of ether oxygens (including phenoxy) is 2. The predicted molar refractivity (Wildman–Crippen MR) is 118 cm³/mol. The van der Waals surface area contributed by atoms with Crippen molar-refractivity contribution in [1.82, 2.24) is 9.80 Å². The first-order valence-corrected chi connectivity index (χ1v) is 11.2. The van der Waals surface area contributed by atoms with Crippen molar-refractivity contribution in [2.75, 3.05) is 40.4 Å². The number of fused-ring (bicyclic) bond motifs is 1. The van der Waals surface area contributed by atoms with Gasteiger partial charge in [-0.1, -0.05) is 18.2 Å². The van der Waals surface area contributed by atoms with Gasteiger partial charge in [-0.3, -0.25) is 4.79 Å². The van der Waals surface area contributed by atoms with Crippen molar-refractivity contribution < 1.29 is 27.4 Å². The summed E-state index contributed by atoms with van der Waals surface area (Å²) < 4.78 is 49.1. The number of methoxy groups -OCH3 is 1. The average Bonchev–Trinajstić information content (AvgIpc) is 2.81.